The molecule has 6 nitrogen and oxygen atoms in total. The highest BCUT2D eigenvalue weighted by Crippen LogP contribution is 2.32. The van der Waals surface area contributed by atoms with Crippen LogP contribution < -0.4 is 5.32 Å². The summed E-state index contributed by atoms with van der Waals surface area (Å²) in [6.45, 7) is 2.82. The summed E-state index contributed by atoms with van der Waals surface area (Å²) in [5.74, 6) is 0.385. The first-order valence-corrected chi connectivity index (χ1v) is 6.63. The number of aryl methyl sites for hydroxylation is 1. The van der Waals surface area contributed by atoms with Crippen LogP contribution in [-0.2, 0) is 13.6 Å². The van der Waals surface area contributed by atoms with Gasteiger partial charge in [0, 0.05) is 38.4 Å². The van der Waals surface area contributed by atoms with Gasteiger partial charge in [0.2, 0.25) is 0 Å². The molecule has 1 aromatic heterocycles. The summed E-state index contributed by atoms with van der Waals surface area (Å²) < 4.78 is 1.78. The fourth-order valence-electron chi connectivity index (χ4n) is 2.02. The molecule has 1 aliphatic rings. The third-order valence-corrected chi connectivity index (χ3v) is 3.74. The lowest BCUT2D eigenvalue weighted by Crippen LogP contribution is -2.41. The second-order valence-electron chi connectivity index (χ2n) is 5.32. The second-order valence-corrected chi connectivity index (χ2v) is 5.32. The van der Waals surface area contributed by atoms with Gasteiger partial charge in [0.25, 0.3) is 0 Å². The van der Waals surface area contributed by atoms with Crippen molar-refractivity contribution in [3.63, 3.8) is 0 Å². The van der Waals surface area contributed by atoms with Crippen LogP contribution in [0.5, 0.6) is 0 Å². The van der Waals surface area contributed by atoms with Crippen LogP contribution in [0.1, 0.15) is 24.1 Å². The van der Waals surface area contributed by atoms with E-state index in [1.807, 2.05) is 14.0 Å². The quantitative estimate of drug-likeness (QED) is 0.821. The summed E-state index contributed by atoms with van der Waals surface area (Å²) in [5, 5.41) is 16.8. The number of carbonyl (C=O) groups excluding carboxylic acids is 1. The number of rotatable bonds is 5. The van der Waals surface area contributed by atoms with Crippen molar-refractivity contribution in [2.75, 3.05) is 13.6 Å². The largest absolute Gasteiger partial charge is 0.391 e. The summed E-state index contributed by atoms with van der Waals surface area (Å²) in [4.78, 5) is 13.4. The molecule has 0 aromatic carbocycles. The average Bonchev–Trinajstić information content (AvgIpc) is 3.17. The Hall–Kier alpha value is -1.56. The molecule has 2 rings (SSSR count). The molecule has 106 valence electrons. The molecule has 1 fully saturated rings. The van der Waals surface area contributed by atoms with E-state index < -0.39 is 6.10 Å². The Morgan fingerprint density at radius 1 is 1.68 bits per heavy atom. The monoisotopic (exact) mass is 266 g/mol. The maximum absolute atomic E-state index is 11.9. The number of amides is 2. The Balaban J connectivity index is 1.78. The van der Waals surface area contributed by atoms with Gasteiger partial charge in [0.15, 0.2) is 0 Å². The molecule has 0 bridgehead atoms. The van der Waals surface area contributed by atoms with Crippen LogP contribution >= 0.6 is 0 Å². The molecule has 1 atom stereocenters. The Morgan fingerprint density at radius 3 is 2.89 bits per heavy atom. The van der Waals surface area contributed by atoms with Crippen LogP contribution in [0.3, 0.4) is 0 Å². The van der Waals surface area contributed by atoms with Crippen molar-refractivity contribution in [3.8, 4) is 0 Å². The number of aromatic nitrogens is 2. The molecule has 19 heavy (non-hydrogen) atoms. The smallest absolute Gasteiger partial charge is 0.317 e. The predicted molar refractivity (Wildman–Crippen MR) is 71.5 cm³/mol. The summed E-state index contributed by atoms with van der Waals surface area (Å²) in [7, 11) is 3.58. The molecular formula is C13H22N4O2. The number of carbonyl (C=O) groups is 1. The predicted octanol–water partition coefficient (Wildman–Crippen LogP) is 0.641. The van der Waals surface area contributed by atoms with Crippen molar-refractivity contribution in [1.29, 1.82) is 0 Å². The first-order valence-electron chi connectivity index (χ1n) is 6.63. The van der Waals surface area contributed by atoms with Gasteiger partial charge in [0.05, 0.1) is 12.3 Å². The van der Waals surface area contributed by atoms with Gasteiger partial charge in [-0.3, -0.25) is 4.68 Å². The summed E-state index contributed by atoms with van der Waals surface area (Å²) in [5.41, 5.74) is 2.05. The first-order chi connectivity index (χ1) is 8.99. The van der Waals surface area contributed by atoms with Gasteiger partial charge in [-0.1, -0.05) is 0 Å². The molecule has 0 saturated heterocycles. The van der Waals surface area contributed by atoms with Gasteiger partial charge >= 0.3 is 6.03 Å². The molecule has 1 aliphatic carbocycles. The number of aliphatic hydroxyl groups excluding tert-OH is 1. The molecular weight excluding hydrogens is 244 g/mol. The zero-order valence-corrected chi connectivity index (χ0v) is 11.8. The van der Waals surface area contributed by atoms with E-state index in [1.54, 1.807) is 17.9 Å². The summed E-state index contributed by atoms with van der Waals surface area (Å²) in [6, 6.07) is -0.164. The highest BCUT2D eigenvalue weighted by molar-refractivity contribution is 5.73. The van der Waals surface area contributed by atoms with Crippen LogP contribution in [0.15, 0.2) is 6.20 Å². The van der Waals surface area contributed by atoms with Gasteiger partial charge in [-0.15, -0.1) is 0 Å². The zero-order valence-electron chi connectivity index (χ0n) is 11.8. The molecule has 1 aromatic rings. The summed E-state index contributed by atoms with van der Waals surface area (Å²) in [6.07, 6.45) is 3.52. The topological polar surface area (TPSA) is 70.4 Å². The highest BCUT2D eigenvalue weighted by Gasteiger charge is 2.31. The highest BCUT2D eigenvalue weighted by atomic mass is 16.3. The van der Waals surface area contributed by atoms with E-state index in [-0.39, 0.29) is 6.03 Å². The van der Waals surface area contributed by atoms with Crippen LogP contribution in [0.4, 0.5) is 4.79 Å². The van der Waals surface area contributed by atoms with Crippen molar-refractivity contribution in [2.45, 2.75) is 32.4 Å². The van der Waals surface area contributed by atoms with Crippen LogP contribution in [0, 0.1) is 12.8 Å². The molecule has 0 radical (unpaired) electrons. The van der Waals surface area contributed by atoms with E-state index in [0.717, 1.165) is 24.1 Å². The van der Waals surface area contributed by atoms with Crippen LogP contribution in [-0.4, -0.2) is 45.5 Å². The maximum Gasteiger partial charge on any atom is 0.317 e. The van der Waals surface area contributed by atoms with Crippen LogP contribution in [0.25, 0.3) is 0 Å². The van der Waals surface area contributed by atoms with Gasteiger partial charge in [-0.05, 0) is 25.7 Å². The van der Waals surface area contributed by atoms with E-state index >= 15 is 0 Å². The molecule has 2 N–H and O–H groups in total. The van der Waals surface area contributed by atoms with E-state index in [9.17, 15) is 9.90 Å². The minimum absolute atomic E-state index is 0.164. The number of likely N-dealkylation sites (N-methyl/N-ethyl adjacent to an activating group) is 1. The van der Waals surface area contributed by atoms with Gasteiger partial charge in [-0.25, -0.2) is 4.79 Å². The lowest BCUT2D eigenvalue weighted by Gasteiger charge is -2.21. The van der Waals surface area contributed by atoms with Crippen molar-refractivity contribution in [1.82, 2.24) is 20.0 Å². The van der Waals surface area contributed by atoms with Crippen molar-refractivity contribution < 1.29 is 9.90 Å². The normalized spacial score (nSPS) is 16.2. The number of urea groups is 1. The number of hydrogen-bond donors (Lipinski definition) is 2. The lowest BCUT2D eigenvalue weighted by molar-refractivity contribution is 0.113. The SMILES string of the molecule is Cc1c(CNC(=O)N(C)CC(O)C2CC2)cnn1C. The molecule has 1 heterocycles. The number of aliphatic hydroxyl groups is 1. The second kappa shape index (κ2) is 5.61. The van der Waals surface area contributed by atoms with Crippen molar-refractivity contribution in [2.24, 2.45) is 13.0 Å². The molecule has 6 heteroatoms. The number of nitrogens with zero attached hydrogens (tertiary/aromatic N) is 3. The third kappa shape index (κ3) is 3.47. The van der Waals surface area contributed by atoms with E-state index in [2.05, 4.69) is 10.4 Å². The average molecular weight is 266 g/mol. The summed E-state index contributed by atoms with van der Waals surface area (Å²) >= 11 is 0. The molecule has 1 saturated carbocycles. The molecule has 1 unspecified atom stereocenters. The fourth-order valence-corrected chi connectivity index (χ4v) is 2.02. The van der Waals surface area contributed by atoms with E-state index in [4.69, 9.17) is 0 Å². The van der Waals surface area contributed by atoms with E-state index in [0.29, 0.717) is 19.0 Å². The van der Waals surface area contributed by atoms with Gasteiger partial charge in [0.1, 0.15) is 0 Å². The first kappa shape index (κ1) is 13.9. The lowest BCUT2D eigenvalue weighted by atomic mass is 10.2. The Morgan fingerprint density at radius 2 is 2.37 bits per heavy atom. The molecule has 0 aliphatic heterocycles. The van der Waals surface area contributed by atoms with Crippen molar-refractivity contribution in [3.05, 3.63) is 17.5 Å². The minimum Gasteiger partial charge on any atom is -0.391 e. The zero-order chi connectivity index (χ0) is 14.0. The number of nitrogens with one attached hydrogen (secondary N) is 1. The Bertz CT molecular complexity index is 453. The standard InChI is InChI=1S/C13H22N4O2/c1-9-11(7-15-17(9)3)6-14-13(19)16(2)8-12(18)10-4-5-10/h7,10,12,18H,4-6,8H2,1-3H3,(H,14,19). The Kier molecular flexibility index (Phi) is 4.09. The third-order valence-electron chi connectivity index (χ3n) is 3.74. The maximum atomic E-state index is 11.9. The van der Waals surface area contributed by atoms with Crippen molar-refractivity contribution >= 4 is 6.03 Å². The van der Waals surface area contributed by atoms with Gasteiger partial charge in [-0.2, -0.15) is 5.10 Å². The fraction of sp³-hybridized carbons (Fsp3) is 0.692. The molecule has 2 amide bonds. The van der Waals surface area contributed by atoms with Gasteiger partial charge < -0.3 is 15.3 Å². The minimum atomic E-state index is -0.393. The van der Waals surface area contributed by atoms with E-state index in [1.165, 1.54) is 4.90 Å². The van der Waals surface area contributed by atoms with Crippen LogP contribution in [0.2, 0.25) is 0 Å². The number of hydrogen-bond acceptors (Lipinski definition) is 3. The molecule has 0 spiro atoms. The Labute approximate surface area is 113 Å².